The highest BCUT2D eigenvalue weighted by Gasteiger charge is 2.27. The highest BCUT2D eigenvalue weighted by molar-refractivity contribution is 5.48. The van der Waals surface area contributed by atoms with E-state index in [0.717, 1.165) is 30.6 Å². The molecule has 1 saturated heterocycles. The summed E-state index contributed by atoms with van der Waals surface area (Å²) >= 11 is 0. The monoisotopic (exact) mass is 277 g/mol. The van der Waals surface area contributed by atoms with Crippen molar-refractivity contribution >= 4 is 11.6 Å². The highest BCUT2D eigenvalue weighted by atomic mass is 15.3. The van der Waals surface area contributed by atoms with Crippen molar-refractivity contribution in [2.75, 3.05) is 23.4 Å². The van der Waals surface area contributed by atoms with Gasteiger partial charge in [0, 0.05) is 19.2 Å². The lowest BCUT2D eigenvalue weighted by Crippen LogP contribution is -2.27. The molecule has 20 heavy (non-hydrogen) atoms. The third-order valence-corrected chi connectivity index (χ3v) is 4.25. The van der Waals surface area contributed by atoms with Gasteiger partial charge in [0.2, 0.25) is 0 Å². The Balaban J connectivity index is 2.12. The SMILES string of the molecule is Cc1nc(NN)cc(N2CCCC(C(C)(C)C)CC2)n1. The Morgan fingerprint density at radius 2 is 2.00 bits per heavy atom. The van der Waals surface area contributed by atoms with E-state index in [1.54, 1.807) is 0 Å². The molecule has 2 heterocycles. The summed E-state index contributed by atoms with van der Waals surface area (Å²) in [5, 5.41) is 0. The van der Waals surface area contributed by atoms with Crippen molar-refractivity contribution in [1.82, 2.24) is 9.97 Å². The first kappa shape index (κ1) is 15.0. The van der Waals surface area contributed by atoms with Crippen LogP contribution in [0.2, 0.25) is 0 Å². The molecule has 0 spiro atoms. The lowest BCUT2D eigenvalue weighted by atomic mass is 9.77. The molecule has 0 saturated carbocycles. The van der Waals surface area contributed by atoms with Gasteiger partial charge in [-0.25, -0.2) is 15.8 Å². The van der Waals surface area contributed by atoms with Crippen LogP contribution in [0.25, 0.3) is 0 Å². The summed E-state index contributed by atoms with van der Waals surface area (Å²) in [5.41, 5.74) is 3.01. The summed E-state index contributed by atoms with van der Waals surface area (Å²) in [5.74, 6) is 8.68. The zero-order chi connectivity index (χ0) is 14.8. The number of aromatic nitrogens is 2. The first-order valence-electron chi connectivity index (χ1n) is 7.47. The van der Waals surface area contributed by atoms with Crippen LogP contribution in [0.3, 0.4) is 0 Å². The maximum atomic E-state index is 5.47. The number of hydrogen-bond donors (Lipinski definition) is 2. The minimum atomic E-state index is 0.390. The third kappa shape index (κ3) is 3.60. The molecule has 2 rings (SSSR count). The van der Waals surface area contributed by atoms with Gasteiger partial charge >= 0.3 is 0 Å². The number of hydrazine groups is 1. The van der Waals surface area contributed by atoms with Gasteiger partial charge in [-0.15, -0.1) is 0 Å². The van der Waals surface area contributed by atoms with E-state index in [1.807, 2.05) is 13.0 Å². The number of anilines is 2. The van der Waals surface area contributed by atoms with Crippen molar-refractivity contribution in [3.05, 3.63) is 11.9 Å². The molecule has 0 amide bonds. The molecule has 1 aromatic rings. The zero-order valence-electron chi connectivity index (χ0n) is 13.1. The normalized spacial score (nSPS) is 20.6. The van der Waals surface area contributed by atoms with Crippen molar-refractivity contribution in [2.24, 2.45) is 17.2 Å². The van der Waals surface area contributed by atoms with Crippen LogP contribution in [-0.2, 0) is 0 Å². The molecule has 1 aliphatic heterocycles. The zero-order valence-corrected chi connectivity index (χ0v) is 13.1. The van der Waals surface area contributed by atoms with E-state index in [-0.39, 0.29) is 0 Å². The average Bonchev–Trinajstić information content (AvgIpc) is 2.63. The molecule has 1 aromatic heterocycles. The van der Waals surface area contributed by atoms with Crippen LogP contribution in [0.5, 0.6) is 0 Å². The number of nitrogen functional groups attached to an aromatic ring is 1. The molecular weight excluding hydrogens is 250 g/mol. The summed E-state index contributed by atoms with van der Waals surface area (Å²) in [4.78, 5) is 11.2. The minimum absolute atomic E-state index is 0.390. The molecule has 0 radical (unpaired) electrons. The Kier molecular flexibility index (Phi) is 4.48. The Bertz CT molecular complexity index is 452. The van der Waals surface area contributed by atoms with Crippen molar-refractivity contribution in [3.8, 4) is 0 Å². The fourth-order valence-electron chi connectivity index (χ4n) is 2.98. The van der Waals surface area contributed by atoms with Crippen molar-refractivity contribution in [1.29, 1.82) is 0 Å². The van der Waals surface area contributed by atoms with Crippen molar-refractivity contribution in [3.63, 3.8) is 0 Å². The van der Waals surface area contributed by atoms with Crippen LogP contribution in [0.1, 0.15) is 45.9 Å². The van der Waals surface area contributed by atoms with E-state index in [2.05, 4.69) is 41.1 Å². The van der Waals surface area contributed by atoms with E-state index in [4.69, 9.17) is 5.84 Å². The van der Waals surface area contributed by atoms with Gasteiger partial charge in [-0.3, -0.25) is 0 Å². The Morgan fingerprint density at radius 3 is 2.65 bits per heavy atom. The largest absolute Gasteiger partial charge is 0.356 e. The van der Waals surface area contributed by atoms with Gasteiger partial charge in [0.1, 0.15) is 17.5 Å². The lowest BCUT2D eigenvalue weighted by Gasteiger charge is -2.30. The summed E-state index contributed by atoms with van der Waals surface area (Å²) in [6, 6.07) is 1.93. The van der Waals surface area contributed by atoms with Crippen molar-refractivity contribution < 1.29 is 0 Å². The van der Waals surface area contributed by atoms with Gasteiger partial charge in [0.05, 0.1) is 0 Å². The van der Waals surface area contributed by atoms with Gasteiger partial charge in [0.25, 0.3) is 0 Å². The smallest absolute Gasteiger partial charge is 0.145 e. The van der Waals surface area contributed by atoms with Crippen LogP contribution in [-0.4, -0.2) is 23.1 Å². The number of nitrogens with zero attached hydrogens (tertiary/aromatic N) is 3. The second kappa shape index (κ2) is 5.95. The predicted octanol–water partition coefficient (Wildman–Crippen LogP) is 2.72. The van der Waals surface area contributed by atoms with Gasteiger partial charge in [-0.05, 0) is 37.5 Å². The Labute approximate surface area is 121 Å². The van der Waals surface area contributed by atoms with Crippen molar-refractivity contribution in [2.45, 2.75) is 47.0 Å². The van der Waals surface area contributed by atoms with E-state index in [9.17, 15) is 0 Å². The Hall–Kier alpha value is -1.36. The fourth-order valence-corrected chi connectivity index (χ4v) is 2.98. The average molecular weight is 277 g/mol. The fraction of sp³-hybridized carbons (Fsp3) is 0.733. The van der Waals surface area contributed by atoms with E-state index in [0.29, 0.717) is 11.2 Å². The molecule has 0 bridgehead atoms. The predicted molar refractivity (Wildman–Crippen MR) is 83.6 cm³/mol. The molecular formula is C15H27N5. The van der Waals surface area contributed by atoms with Crippen LogP contribution in [0.4, 0.5) is 11.6 Å². The molecule has 0 aliphatic carbocycles. The van der Waals surface area contributed by atoms with E-state index < -0.39 is 0 Å². The maximum Gasteiger partial charge on any atom is 0.145 e. The molecule has 1 unspecified atom stereocenters. The summed E-state index contributed by atoms with van der Waals surface area (Å²) in [6.45, 7) is 11.1. The minimum Gasteiger partial charge on any atom is -0.356 e. The number of nitrogens with two attached hydrogens (primary N) is 1. The van der Waals surface area contributed by atoms with Gasteiger partial charge < -0.3 is 10.3 Å². The molecule has 1 atom stereocenters. The molecule has 5 nitrogen and oxygen atoms in total. The number of nitrogens with one attached hydrogen (secondary N) is 1. The van der Waals surface area contributed by atoms with Gasteiger partial charge in [-0.1, -0.05) is 20.8 Å². The van der Waals surface area contributed by atoms with Crippen LogP contribution >= 0.6 is 0 Å². The molecule has 1 fully saturated rings. The topological polar surface area (TPSA) is 67.1 Å². The first-order valence-corrected chi connectivity index (χ1v) is 7.47. The van der Waals surface area contributed by atoms with E-state index >= 15 is 0 Å². The summed E-state index contributed by atoms with van der Waals surface area (Å²) < 4.78 is 0. The number of hydrogen-bond acceptors (Lipinski definition) is 5. The summed E-state index contributed by atoms with van der Waals surface area (Å²) in [7, 11) is 0. The van der Waals surface area contributed by atoms with Gasteiger partial charge in [0.15, 0.2) is 0 Å². The quantitative estimate of drug-likeness (QED) is 0.642. The number of rotatable bonds is 2. The van der Waals surface area contributed by atoms with Gasteiger partial charge in [-0.2, -0.15) is 0 Å². The van der Waals surface area contributed by atoms with Crippen LogP contribution in [0, 0.1) is 18.3 Å². The molecule has 5 heteroatoms. The molecule has 0 aromatic carbocycles. The highest BCUT2D eigenvalue weighted by Crippen LogP contribution is 2.35. The Morgan fingerprint density at radius 1 is 1.25 bits per heavy atom. The second-order valence-electron chi connectivity index (χ2n) is 6.78. The molecule has 112 valence electrons. The molecule has 1 aliphatic rings. The summed E-state index contributed by atoms with van der Waals surface area (Å²) in [6.07, 6.45) is 3.74. The van der Waals surface area contributed by atoms with E-state index in [1.165, 1.54) is 19.3 Å². The van der Waals surface area contributed by atoms with Crippen LogP contribution < -0.4 is 16.2 Å². The standard InChI is InChI=1S/C15H27N5/c1-11-17-13(19-16)10-14(18-11)20-8-5-6-12(7-9-20)15(2,3)4/h10,12H,5-9,16H2,1-4H3,(H,17,18,19). The number of aryl methyl sites for hydroxylation is 1. The first-order chi connectivity index (χ1) is 9.40. The molecule has 3 N–H and O–H groups in total. The third-order valence-electron chi connectivity index (χ3n) is 4.25. The maximum absolute atomic E-state index is 5.47. The van der Waals surface area contributed by atoms with Crippen LogP contribution in [0.15, 0.2) is 6.07 Å². The lowest BCUT2D eigenvalue weighted by molar-refractivity contribution is 0.220. The second-order valence-corrected chi connectivity index (χ2v) is 6.78.